The van der Waals surface area contributed by atoms with E-state index < -0.39 is 0 Å². The van der Waals surface area contributed by atoms with Crippen LogP contribution in [0.4, 0.5) is 0 Å². The molecule has 2 N–H and O–H groups in total. The van der Waals surface area contributed by atoms with E-state index in [0.29, 0.717) is 36.0 Å². The van der Waals surface area contributed by atoms with E-state index in [1.165, 1.54) is 56.9 Å². The van der Waals surface area contributed by atoms with Gasteiger partial charge in [-0.1, -0.05) is 62.1 Å². The molecule has 4 bridgehead atoms. The number of benzene rings is 1. The molecule has 2 aliphatic carbocycles. The molecule has 3 saturated heterocycles. The maximum absolute atomic E-state index is 13.1. The normalized spacial score (nSPS) is 33.1. The van der Waals surface area contributed by atoms with Crippen molar-refractivity contribution >= 4 is 5.91 Å². The second-order valence-electron chi connectivity index (χ2n) is 12.0. The third kappa shape index (κ3) is 4.81. The summed E-state index contributed by atoms with van der Waals surface area (Å²) in [6.45, 7) is 5.01. The lowest BCUT2D eigenvalue weighted by molar-refractivity contribution is -0.124. The highest BCUT2D eigenvalue weighted by Crippen LogP contribution is 2.51. The van der Waals surface area contributed by atoms with Crippen molar-refractivity contribution in [3.8, 4) is 5.75 Å². The molecule has 4 fully saturated rings. The molecule has 0 aromatic heterocycles. The van der Waals surface area contributed by atoms with Gasteiger partial charge < -0.3 is 10.4 Å². The Morgan fingerprint density at radius 1 is 1.03 bits per heavy atom. The molecule has 3 heterocycles. The number of carbonyl (C=O) groups is 1. The highest BCUT2D eigenvalue weighted by Gasteiger charge is 2.56. The van der Waals surface area contributed by atoms with Crippen LogP contribution in [-0.4, -0.2) is 57.6 Å². The van der Waals surface area contributed by atoms with E-state index in [0.717, 1.165) is 31.4 Å². The van der Waals surface area contributed by atoms with Crippen LogP contribution in [0.2, 0.25) is 0 Å². The number of hydrogen-bond donors (Lipinski definition) is 2. The zero-order chi connectivity index (χ0) is 25.4. The van der Waals surface area contributed by atoms with Crippen molar-refractivity contribution in [1.29, 1.82) is 0 Å². The van der Waals surface area contributed by atoms with Gasteiger partial charge in [-0.15, -0.1) is 6.58 Å². The standard InChI is InChI=1S/C32H43N3O2/c1-2-20-34-27-16-17-28(34)30-19-18-29(27)35(30)31(24-8-7-11-26(36)21-24)22-12-14-23(15-13-22)32(37)33-25-9-5-3-4-6-10-25/h2,7-8,11-14,21,23,25,27-31,36H,1,3-6,9-10,15-20H2,(H,33,37). The molecule has 6 atom stereocenters. The Kier molecular flexibility index (Phi) is 7.27. The molecule has 1 saturated carbocycles. The quantitative estimate of drug-likeness (QED) is 0.375. The summed E-state index contributed by atoms with van der Waals surface area (Å²) in [5.41, 5.74) is 2.43. The topological polar surface area (TPSA) is 55.8 Å². The molecule has 1 amide bonds. The first-order valence-corrected chi connectivity index (χ1v) is 14.8. The molecule has 1 aromatic rings. The molecule has 5 aliphatic rings. The highest BCUT2D eigenvalue weighted by molar-refractivity contribution is 5.81. The van der Waals surface area contributed by atoms with Crippen LogP contribution >= 0.6 is 0 Å². The van der Waals surface area contributed by atoms with Gasteiger partial charge in [0.15, 0.2) is 0 Å². The Hall–Kier alpha value is -2.37. The number of carbonyl (C=O) groups excluding carboxylic acids is 1. The summed E-state index contributed by atoms with van der Waals surface area (Å²) >= 11 is 0. The average molecular weight is 502 g/mol. The predicted molar refractivity (Wildman–Crippen MR) is 148 cm³/mol. The SMILES string of the molecule is C=CCN1C2CCC1C1CCC2N1C(C1=CCC(C(=O)NC2CCCCCC2)C=C1)c1cccc(O)c1. The largest absolute Gasteiger partial charge is 0.508 e. The highest BCUT2D eigenvalue weighted by atomic mass is 16.3. The molecule has 5 heteroatoms. The van der Waals surface area contributed by atoms with Gasteiger partial charge in [-0.2, -0.15) is 0 Å². The number of piperazine rings is 1. The van der Waals surface area contributed by atoms with Crippen LogP contribution in [-0.2, 0) is 4.79 Å². The maximum Gasteiger partial charge on any atom is 0.227 e. The molecule has 1 aromatic carbocycles. The van der Waals surface area contributed by atoms with Crippen LogP contribution in [0.5, 0.6) is 5.75 Å². The lowest BCUT2D eigenvalue weighted by Crippen LogP contribution is -2.61. The van der Waals surface area contributed by atoms with Gasteiger partial charge in [0.25, 0.3) is 0 Å². The number of hydrogen-bond acceptors (Lipinski definition) is 4. The first-order chi connectivity index (χ1) is 18.1. The van der Waals surface area contributed by atoms with Crippen LogP contribution in [0.15, 0.2) is 60.7 Å². The third-order valence-electron chi connectivity index (χ3n) is 9.83. The fourth-order valence-electron chi connectivity index (χ4n) is 8.21. The molecule has 0 spiro atoms. The van der Waals surface area contributed by atoms with Crippen molar-refractivity contribution < 1.29 is 9.90 Å². The maximum atomic E-state index is 13.1. The van der Waals surface area contributed by atoms with Gasteiger partial charge in [0.05, 0.1) is 12.0 Å². The Morgan fingerprint density at radius 2 is 1.73 bits per heavy atom. The molecular weight excluding hydrogens is 458 g/mol. The Balaban J connectivity index is 1.24. The fourth-order valence-corrected chi connectivity index (χ4v) is 8.21. The van der Waals surface area contributed by atoms with Crippen molar-refractivity contribution in [1.82, 2.24) is 15.1 Å². The van der Waals surface area contributed by atoms with E-state index in [1.807, 2.05) is 12.1 Å². The number of fused-ring (bicyclic) bond motifs is 6. The molecule has 0 radical (unpaired) electrons. The van der Waals surface area contributed by atoms with Crippen molar-refractivity contribution in [2.24, 2.45) is 5.92 Å². The number of nitrogens with zero attached hydrogens (tertiary/aromatic N) is 2. The summed E-state index contributed by atoms with van der Waals surface area (Å²) in [6, 6.07) is 10.5. The lowest BCUT2D eigenvalue weighted by Gasteiger charge is -2.50. The van der Waals surface area contributed by atoms with Gasteiger partial charge in [-0.3, -0.25) is 14.6 Å². The Labute approximate surface area is 222 Å². The number of phenolic OH excluding ortho intramolecular Hbond substituents is 1. The van der Waals surface area contributed by atoms with Crippen LogP contribution < -0.4 is 5.32 Å². The number of amides is 1. The molecule has 37 heavy (non-hydrogen) atoms. The van der Waals surface area contributed by atoms with Gasteiger partial charge in [0.1, 0.15) is 5.75 Å². The number of allylic oxidation sites excluding steroid dienone is 1. The van der Waals surface area contributed by atoms with E-state index in [9.17, 15) is 9.90 Å². The first-order valence-electron chi connectivity index (χ1n) is 14.8. The summed E-state index contributed by atoms with van der Waals surface area (Å²) in [4.78, 5) is 18.6. The summed E-state index contributed by atoms with van der Waals surface area (Å²) < 4.78 is 0. The second-order valence-corrected chi connectivity index (χ2v) is 12.0. The third-order valence-corrected chi connectivity index (χ3v) is 9.83. The minimum Gasteiger partial charge on any atom is -0.508 e. The lowest BCUT2D eigenvalue weighted by atomic mass is 9.86. The number of rotatable bonds is 7. The molecule has 6 rings (SSSR count). The zero-order valence-corrected chi connectivity index (χ0v) is 22.1. The monoisotopic (exact) mass is 501 g/mol. The second kappa shape index (κ2) is 10.8. The average Bonchev–Trinajstić information content (AvgIpc) is 3.28. The van der Waals surface area contributed by atoms with E-state index in [4.69, 9.17) is 0 Å². The van der Waals surface area contributed by atoms with Crippen LogP contribution in [0.3, 0.4) is 0 Å². The summed E-state index contributed by atoms with van der Waals surface area (Å²) in [5, 5.41) is 13.8. The predicted octanol–water partition coefficient (Wildman–Crippen LogP) is 5.64. The van der Waals surface area contributed by atoms with Crippen molar-refractivity contribution in [3.63, 3.8) is 0 Å². The molecule has 6 unspecified atom stereocenters. The summed E-state index contributed by atoms with van der Waals surface area (Å²) in [6.07, 6.45) is 21.8. The van der Waals surface area contributed by atoms with E-state index >= 15 is 0 Å². The number of nitrogens with one attached hydrogen (secondary N) is 1. The smallest absolute Gasteiger partial charge is 0.227 e. The van der Waals surface area contributed by atoms with Crippen molar-refractivity contribution in [3.05, 3.63) is 66.3 Å². The van der Waals surface area contributed by atoms with Gasteiger partial charge in [0, 0.05) is 36.8 Å². The fraction of sp³-hybridized carbons (Fsp3) is 0.594. The van der Waals surface area contributed by atoms with E-state index in [1.54, 1.807) is 6.07 Å². The van der Waals surface area contributed by atoms with Crippen LogP contribution in [0.1, 0.15) is 82.2 Å². The molecule has 5 nitrogen and oxygen atoms in total. The van der Waals surface area contributed by atoms with Gasteiger partial charge >= 0.3 is 0 Å². The van der Waals surface area contributed by atoms with Crippen molar-refractivity contribution in [2.75, 3.05) is 6.54 Å². The van der Waals surface area contributed by atoms with Crippen LogP contribution in [0, 0.1) is 5.92 Å². The van der Waals surface area contributed by atoms with Gasteiger partial charge in [-0.25, -0.2) is 0 Å². The first kappa shape index (κ1) is 24.9. The summed E-state index contributed by atoms with van der Waals surface area (Å²) in [5.74, 6) is 0.418. The number of aromatic hydroxyl groups is 1. The molecule has 3 aliphatic heterocycles. The van der Waals surface area contributed by atoms with Gasteiger partial charge in [0.2, 0.25) is 5.91 Å². The molecule has 198 valence electrons. The van der Waals surface area contributed by atoms with Crippen molar-refractivity contribution in [2.45, 2.75) is 107 Å². The Morgan fingerprint density at radius 3 is 2.35 bits per heavy atom. The van der Waals surface area contributed by atoms with E-state index in [-0.39, 0.29) is 17.9 Å². The minimum absolute atomic E-state index is 0.0887. The summed E-state index contributed by atoms with van der Waals surface area (Å²) in [7, 11) is 0. The number of phenols is 1. The van der Waals surface area contributed by atoms with E-state index in [2.05, 4.69) is 52.1 Å². The van der Waals surface area contributed by atoms with Crippen LogP contribution in [0.25, 0.3) is 0 Å². The molecular formula is C32H43N3O2. The minimum atomic E-state index is -0.0887. The Bertz CT molecular complexity index is 1040. The van der Waals surface area contributed by atoms with Gasteiger partial charge in [-0.05, 0) is 68.2 Å². The zero-order valence-electron chi connectivity index (χ0n) is 22.1.